The fourth-order valence-electron chi connectivity index (χ4n) is 2.37. The first kappa shape index (κ1) is 16.8. The second-order valence-corrected chi connectivity index (χ2v) is 4.72. The van der Waals surface area contributed by atoms with Crippen LogP contribution >= 0.6 is 0 Å². The molecule has 1 unspecified atom stereocenters. The summed E-state index contributed by atoms with van der Waals surface area (Å²) in [4.78, 5) is 0. The van der Waals surface area contributed by atoms with Gasteiger partial charge in [-0.15, -0.1) is 0 Å². The van der Waals surface area contributed by atoms with Crippen LogP contribution in [0.5, 0.6) is 0 Å². The molecule has 104 valence electrons. The maximum Gasteiger partial charge on any atom is 0.0431 e. The Bertz CT molecular complexity index is 171. The molecule has 0 radical (unpaired) electrons. The summed E-state index contributed by atoms with van der Waals surface area (Å²) in [6.07, 6.45) is 4.60. The summed E-state index contributed by atoms with van der Waals surface area (Å²) < 4.78 is 0. The van der Waals surface area contributed by atoms with Crippen LogP contribution in [-0.4, -0.2) is 40.7 Å². The molecule has 0 aliphatic rings. The summed E-state index contributed by atoms with van der Waals surface area (Å²) in [7, 11) is 0. The summed E-state index contributed by atoms with van der Waals surface area (Å²) in [5.74, 6) is 5.99. The van der Waals surface area contributed by atoms with Gasteiger partial charge < -0.3 is 15.3 Å². The summed E-state index contributed by atoms with van der Waals surface area (Å²) >= 11 is 0. The van der Waals surface area contributed by atoms with Crippen molar-refractivity contribution < 1.29 is 15.3 Å². The smallest absolute Gasteiger partial charge is 0.0431 e. The van der Waals surface area contributed by atoms with E-state index < -0.39 is 0 Å². The van der Waals surface area contributed by atoms with Crippen LogP contribution in [-0.2, 0) is 0 Å². The van der Waals surface area contributed by atoms with E-state index in [4.69, 9.17) is 21.2 Å². The van der Waals surface area contributed by atoms with Crippen LogP contribution in [0.15, 0.2) is 0 Å². The third kappa shape index (κ3) is 5.79. The SMILES string of the molecule is CC(CCCO)C(CCCO)(CCCO)NN. The van der Waals surface area contributed by atoms with Gasteiger partial charge in [-0.2, -0.15) is 0 Å². The highest BCUT2D eigenvalue weighted by Gasteiger charge is 2.33. The predicted molar refractivity (Wildman–Crippen MR) is 68.2 cm³/mol. The molecule has 5 heteroatoms. The second kappa shape index (κ2) is 9.79. The number of hydrogen-bond acceptors (Lipinski definition) is 5. The van der Waals surface area contributed by atoms with Crippen molar-refractivity contribution in [3.8, 4) is 0 Å². The molecule has 0 spiro atoms. The van der Waals surface area contributed by atoms with Crippen molar-refractivity contribution in [2.45, 2.75) is 51.0 Å². The minimum atomic E-state index is -0.249. The highest BCUT2D eigenvalue weighted by atomic mass is 16.3. The highest BCUT2D eigenvalue weighted by Crippen LogP contribution is 2.30. The third-order valence-corrected chi connectivity index (χ3v) is 3.59. The number of nitrogens with two attached hydrogens (primary N) is 1. The van der Waals surface area contributed by atoms with Crippen molar-refractivity contribution in [2.75, 3.05) is 19.8 Å². The predicted octanol–water partition coefficient (Wildman–Crippen LogP) is 0.142. The zero-order valence-corrected chi connectivity index (χ0v) is 10.9. The average molecular weight is 248 g/mol. The highest BCUT2D eigenvalue weighted by molar-refractivity contribution is 4.90. The fourth-order valence-corrected chi connectivity index (χ4v) is 2.37. The van der Waals surface area contributed by atoms with Gasteiger partial charge in [0.25, 0.3) is 0 Å². The number of hydrazine groups is 1. The Labute approximate surface area is 104 Å². The van der Waals surface area contributed by atoms with E-state index in [0.717, 1.165) is 25.7 Å². The third-order valence-electron chi connectivity index (χ3n) is 3.59. The molecule has 0 saturated heterocycles. The Morgan fingerprint density at radius 2 is 1.47 bits per heavy atom. The number of aliphatic hydroxyl groups excluding tert-OH is 3. The Kier molecular flexibility index (Phi) is 9.68. The average Bonchev–Trinajstić information content (AvgIpc) is 2.37. The Hall–Kier alpha value is -0.200. The quantitative estimate of drug-likeness (QED) is 0.265. The van der Waals surface area contributed by atoms with Gasteiger partial charge in [-0.05, 0) is 44.4 Å². The van der Waals surface area contributed by atoms with E-state index in [2.05, 4.69) is 12.3 Å². The first-order chi connectivity index (χ1) is 8.16. The van der Waals surface area contributed by atoms with Crippen LogP contribution in [0.2, 0.25) is 0 Å². The van der Waals surface area contributed by atoms with Gasteiger partial charge in [0, 0.05) is 25.4 Å². The minimum Gasteiger partial charge on any atom is -0.396 e. The van der Waals surface area contributed by atoms with E-state index in [1.54, 1.807) is 0 Å². The molecular weight excluding hydrogens is 220 g/mol. The van der Waals surface area contributed by atoms with Crippen molar-refractivity contribution in [1.29, 1.82) is 0 Å². The van der Waals surface area contributed by atoms with E-state index in [1.807, 2.05) is 0 Å². The first-order valence-corrected chi connectivity index (χ1v) is 6.47. The standard InChI is InChI=1S/C12H28N2O3/c1-11(5-2-8-15)12(14-13,6-3-9-16)7-4-10-17/h11,14-17H,2-10,13H2,1H3. The van der Waals surface area contributed by atoms with Gasteiger partial charge in [-0.25, -0.2) is 0 Å². The molecule has 0 aromatic rings. The molecule has 0 aromatic carbocycles. The molecule has 0 saturated carbocycles. The molecule has 0 rings (SSSR count). The molecule has 0 aromatic heterocycles. The molecule has 0 aliphatic heterocycles. The molecule has 5 nitrogen and oxygen atoms in total. The van der Waals surface area contributed by atoms with Crippen LogP contribution in [0, 0.1) is 5.92 Å². The number of nitrogens with one attached hydrogen (secondary N) is 1. The lowest BCUT2D eigenvalue weighted by atomic mass is 9.76. The van der Waals surface area contributed by atoms with Crippen LogP contribution < -0.4 is 11.3 Å². The summed E-state index contributed by atoms with van der Waals surface area (Å²) in [5, 5.41) is 26.8. The van der Waals surface area contributed by atoms with Gasteiger partial charge in [0.15, 0.2) is 0 Å². The largest absolute Gasteiger partial charge is 0.396 e. The Morgan fingerprint density at radius 1 is 1.00 bits per heavy atom. The summed E-state index contributed by atoms with van der Waals surface area (Å²) in [6.45, 7) is 2.58. The van der Waals surface area contributed by atoms with Gasteiger partial charge in [0.1, 0.15) is 0 Å². The van der Waals surface area contributed by atoms with E-state index in [-0.39, 0.29) is 25.4 Å². The Balaban J connectivity index is 4.50. The maximum atomic E-state index is 8.95. The van der Waals surface area contributed by atoms with Gasteiger partial charge in [-0.3, -0.25) is 11.3 Å². The molecule has 0 aliphatic carbocycles. The molecule has 0 amide bonds. The number of rotatable bonds is 11. The second-order valence-electron chi connectivity index (χ2n) is 4.72. The fraction of sp³-hybridized carbons (Fsp3) is 1.00. The van der Waals surface area contributed by atoms with E-state index >= 15 is 0 Å². The zero-order valence-electron chi connectivity index (χ0n) is 10.9. The molecular formula is C12H28N2O3. The molecule has 0 bridgehead atoms. The van der Waals surface area contributed by atoms with Crippen LogP contribution in [0.3, 0.4) is 0 Å². The van der Waals surface area contributed by atoms with E-state index in [0.29, 0.717) is 18.8 Å². The molecule has 17 heavy (non-hydrogen) atoms. The normalized spacial score (nSPS) is 13.9. The van der Waals surface area contributed by atoms with Crippen LogP contribution in [0.25, 0.3) is 0 Å². The monoisotopic (exact) mass is 248 g/mol. The van der Waals surface area contributed by atoms with Crippen molar-refractivity contribution in [2.24, 2.45) is 11.8 Å². The summed E-state index contributed by atoms with van der Waals surface area (Å²) in [6, 6.07) is 0. The van der Waals surface area contributed by atoms with Crippen molar-refractivity contribution in [1.82, 2.24) is 5.43 Å². The van der Waals surface area contributed by atoms with Gasteiger partial charge in [0.05, 0.1) is 0 Å². The molecule has 0 heterocycles. The van der Waals surface area contributed by atoms with Crippen LogP contribution in [0.4, 0.5) is 0 Å². The first-order valence-electron chi connectivity index (χ1n) is 6.47. The lowest BCUT2D eigenvalue weighted by Crippen LogP contribution is -2.54. The van der Waals surface area contributed by atoms with Gasteiger partial charge in [-0.1, -0.05) is 6.92 Å². The Morgan fingerprint density at radius 3 is 1.82 bits per heavy atom. The van der Waals surface area contributed by atoms with Crippen LogP contribution in [0.1, 0.15) is 45.4 Å². The van der Waals surface area contributed by atoms with Crippen molar-refractivity contribution in [3.05, 3.63) is 0 Å². The maximum absolute atomic E-state index is 8.95. The van der Waals surface area contributed by atoms with Gasteiger partial charge in [0.2, 0.25) is 0 Å². The number of hydrogen-bond donors (Lipinski definition) is 5. The molecule has 1 atom stereocenters. The lowest BCUT2D eigenvalue weighted by molar-refractivity contribution is 0.139. The lowest BCUT2D eigenvalue weighted by Gasteiger charge is -2.39. The van der Waals surface area contributed by atoms with Gasteiger partial charge >= 0.3 is 0 Å². The summed E-state index contributed by atoms with van der Waals surface area (Å²) in [5.41, 5.74) is 2.64. The number of aliphatic hydroxyl groups is 3. The topological polar surface area (TPSA) is 98.7 Å². The van der Waals surface area contributed by atoms with Crippen molar-refractivity contribution in [3.63, 3.8) is 0 Å². The minimum absolute atomic E-state index is 0.148. The van der Waals surface area contributed by atoms with Crippen molar-refractivity contribution >= 4 is 0 Å². The van der Waals surface area contributed by atoms with E-state index in [9.17, 15) is 0 Å². The van der Waals surface area contributed by atoms with E-state index in [1.165, 1.54) is 0 Å². The molecule has 0 fully saturated rings. The zero-order chi connectivity index (χ0) is 13.1. The molecule has 6 N–H and O–H groups in total.